The van der Waals surface area contributed by atoms with Crippen LogP contribution in [-0.2, 0) is 17.7 Å². The van der Waals surface area contributed by atoms with Gasteiger partial charge in [-0.15, -0.1) is 0 Å². The average Bonchev–Trinajstić information content (AvgIpc) is 3.20. The first-order chi connectivity index (χ1) is 10.2. The number of hydrogen-bond donors (Lipinski definition) is 1. The minimum Gasteiger partial charge on any atom is -0.376 e. The normalized spacial score (nSPS) is 19.8. The van der Waals surface area contributed by atoms with Crippen LogP contribution in [0.15, 0.2) is 16.9 Å². The number of nitrogens with zero attached hydrogens (tertiary/aromatic N) is 4. The summed E-state index contributed by atoms with van der Waals surface area (Å²) in [4.78, 5) is 4.33. The van der Waals surface area contributed by atoms with Crippen LogP contribution in [0.3, 0.4) is 0 Å². The molecule has 2 aromatic rings. The van der Waals surface area contributed by atoms with Crippen LogP contribution in [0, 0.1) is 0 Å². The smallest absolute Gasteiger partial charge is 0.248 e. The standard InChI is InChI=1S/C14H21N5O2/c1-3-13-17-14(21-18-13)10(2)16-11-7-15-19(8-11)9-12-5-4-6-20-12/h7-8,10,12,16H,3-6,9H2,1-2H3. The van der Waals surface area contributed by atoms with E-state index in [1.54, 1.807) is 0 Å². The zero-order valence-electron chi connectivity index (χ0n) is 12.5. The Bertz CT molecular complexity index is 573. The van der Waals surface area contributed by atoms with Gasteiger partial charge in [0.25, 0.3) is 0 Å². The first-order valence-electron chi connectivity index (χ1n) is 7.47. The first-order valence-corrected chi connectivity index (χ1v) is 7.47. The van der Waals surface area contributed by atoms with Gasteiger partial charge in [0, 0.05) is 19.2 Å². The highest BCUT2D eigenvalue weighted by Crippen LogP contribution is 2.19. The Morgan fingerprint density at radius 2 is 2.43 bits per heavy atom. The van der Waals surface area contributed by atoms with Gasteiger partial charge in [-0.3, -0.25) is 4.68 Å². The van der Waals surface area contributed by atoms with Crippen LogP contribution >= 0.6 is 0 Å². The number of nitrogens with one attached hydrogen (secondary N) is 1. The molecule has 0 spiro atoms. The lowest BCUT2D eigenvalue weighted by Gasteiger charge is -2.09. The minimum absolute atomic E-state index is 0.0434. The third-order valence-electron chi connectivity index (χ3n) is 3.60. The molecule has 0 aromatic carbocycles. The number of aromatic nitrogens is 4. The highest BCUT2D eigenvalue weighted by atomic mass is 16.5. The molecule has 0 amide bonds. The summed E-state index contributed by atoms with van der Waals surface area (Å²) in [6.45, 7) is 5.66. The third-order valence-corrected chi connectivity index (χ3v) is 3.60. The molecule has 0 bridgehead atoms. The molecule has 2 unspecified atom stereocenters. The summed E-state index contributed by atoms with van der Waals surface area (Å²) >= 11 is 0. The van der Waals surface area contributed by atoms with Gasteiger partial charge < -0.3 is 14.6 Å². The minimum atomic E-state index is -0.0434. The second-order valence-corrected chi connectivity index (χ2v) is 5.35. The van der Waals surface area contributed by atoms with Crippen molar-refractivity contribution >= 4 is 5.69 Å². The molecule has 7 nitrogen and oxygen atoms in total. The predicted octanol–water partition coefficient (Wildman–Crippen LogP) is 2.18. The topological polar surface area (TPSA) is 78.0 Å². The van der Waals surface area contributed by atoms with Gasteiger partial charge >= 0.3 is 0 Å². The molecular formula is C14H21N5O2. The fourth-order valence-electron chi connectivity index (χ4n) is 2.43. The van der Waals surface area contributed by atoms with E-state index in [4.69, 9.17) is 9.26 Å². The molecular weight excluding hydrogens is 270 g/mol. The predicted molar refractivity (Wildman–Crippen MR) is 76.9 cm³/mol. The van der Waals surface area contributed by atoms with Gasteiger partial charge in [0.1, 0.15) is 6.04 Å². The summed E-state index contributed by atoms with van der Waals surface area (Å²) in [6.07, 6.45) is 7.11. The highest BCUT2D eigenvalue weighted by Gasteiger charge is 2.17. The van der Waals surface area contributed by atoms with Gasteiger partial charge in [-0.1, -0.05) is 12.1 Å². The fraction of sp³-hybridized carbons (Fsp3) is 0.643. The van der Waals surface area contributed by atoms with Crippen molar-refractivity contribution in [1.29, 1.82) is 0 Å². The quantitative estimate of drug-likeness (QED) is 0.879. The van der Waals surface area contributed by atoms with Crippen molar-refractivity contribution in [2.24, 2.45) is 0 Å². The molecule has 1 aliphatic rings. The van der Waals surface area contributed by atoms with E-state index in [1.165, 1.54) is 0 Å². The molecule has 2 aromatic heterocycles. The van der Waals surface area contributed by atoms with Crippen LogP contribution in [-0.4, -0.2) is 32.6 Å². The molecule has 114 valence electrons. The lowest BCUT2D eigenvalue weighted by molar-refractivity contribution is 0.0940. The van der Waals surface area contributed by atoms with Crippen LogP contribution in [0.4, 0.5) is 5.69 Å². The summed E-state index contributed by atoms with van der Waals surface area (Å²) in [5.41, 5.74) is 0.941. The van der Waals surface area contributed by atoms with E-state index in [0.717, 1.165) is 43.9 Å². The molecule has 21 heavy (non-hydrogen) atoms. The summed E-state index contributed by atoms with van der Waals surface area (Å²) in [5.74, 6) is 1.33. The highest BCUT2D eigenvalue weighted by molar-refractivity contribution is 5.39. The Morgan fingerprint density at radius 1 is 1.52 bits per heavy atom. The molecule has 1 aliphatic heterocycles. The molecule has 0 aliphatic carbocycles. The third kappa shape index (κ3) is 3.41. The number of hydrogen-bond acceptors (Lipinski definition) is 6. The fourth-order valence-corrected chi connectivity index (χ4v) is 2.43. The van der Waals surface area contributed by atoms with Gasteiger partial charge in [-0.05, 0) is 19.8 Å². The van der Waals surface area contributed by atoms with Crippen LogP contribution < -0.4 is 5.32 Å². The van der Waals surface area contributed by atoms with Crippen molar-refractivity contribution < 1.29 is 9.26 Å². The molecule has 7 heteroatoms. The van der Waals surface area contributed by atoms with E-state index >= 15 is 0 Å². The Labute approximate surface area is 123 Å². The lowest BCUT2D eigenvalue weighted by Crippen LogP contribution is -2.15. The maximum atomic E-state index is 5.62. The van der Waals surface area contributed by atoms with Crippen LogP contribution in [0.2, 0.25) is 0 Å². The van der Waals surface area contributed by atoms with Gasteiger partial charge in [0.2, 0.25) is 5.89 Å². The molecule has 0 saturated carbocycles. The molecule has 3 heterocycles. The van der Waals surface area contributed by atoms with E-state index in [0.29, 0.717) is 12.0 Å². The van der Waals surface area contributed by atoms with Crippen molar-refractivity contribution in [1.82, 2.24) is 19.9 Å². The number of aryl methyl sites for hydroxylation is 1. The van der Waals surface area contributed by atoms with Crippen molar-refractivity contribution in [2.75, 3.05) is 11.9 Å². The largest absolute Gasteiger partial charge is 0.376 e. The van der Waals surface area contributed by atoms with E-state index in [-0.39, 0.29) is 6.04 Å². The first kappa shape index (κ1) is 14.1. The van der Waals surface area contributed by atoms with Crippen molar-refractivity contribution in [2.45, 2.75) is 51.8 Å². The van der Waals surface area contributed by atoms with Gasteiger partial charge in [0.15, 0.2) is 5.82 Å². The average molecular weight is 291 g/mol. The molecule has 1 saturated heterocycles. The van der Waals surface area contributed by atoms with Crippen LogP contribution in [0.5, 0.6) is 0 Å². The Morgan fingerprint density at radius 3 is 3.14 bits per heavy atom. The van der Waals surface area contributed by atoms with Crippen molar-refractivity contribution in [3.05, 3.63) is 24.1 Å². The number of rotatable bonds is 6. The van der Waals surface area contributed by atoms with Crippen LogP contribution in [0.1, 0.15) is 44.4 Å². The van der Waals surface area contributed by atoms with Crippen molar-refractivity contribution in [3.8, 4) is 0 Å². The molecule has 3 rings (SSSR count). The summed E-state index contributed by atoms with van der Waals surface area (Å²) < 4.78 is 12.8. The molecule has 1 fully saturated rings. The maximum absolute atomic E-state index is 5.62. The second kappa shape index (κ2) is 6.26. The Balaban J connectivity index is 1.58. The van der Waals surface area contributed by atoms with Crippen molar-refractivity contribution in [3.63, 3.8) is 0 Å². The number of ether oxygens (including phenoxy) is 1. The van der Waals surface area contributed by atoms with Gasteiger partial charge in [-0.25, -0.2) is 0 Å². The monoisotopic (exact) mass is 291 g/mol. The second-order valence-electron chi connectivity index (χ2n) is 5.35. The zero-order chi connectivity index (χ0) is 14.7. The summed E-state index contributed by atoms with van der Waals surface area (Å²) in [7, 11) is 0. The van der Waals surface area contributed by atoms with E-state index in [2.05, 4.69) is 20.6 Å². The molecule has 0 radical (unpaired) electrons. The van der Waals surface area contributed by atoms with Gasteiger partial charge in [0.05, 0.1) is 24.5 Å². The Kier molecular flexibility index (Phi) is 4.19. The van der Waals surface area contributed by atoms with E-state index < -0.39 is 0 Å². The number of anilines is 1. The molecule has 1 N–H and O–H groups in total. The van der Waals surface area contributed by atoms with E-state index in [1.807, 2.05) is 30.9 Å². The molecule has 2 atom stereocenters. The maximum Gasteiger partial charge on any atom is 0.248 e. The summed E-state index contributed by atoms with van der Waals surface area (Å²) in [6, 6.07) is -0.0434. The van der Waals surface area contributed by atoms with Gasteiger partial charge in [-0.2, -0.15) is 10.1 Å². The SMILES string of the molecule is CCc1noc(C(C)Nc2cnn(CC3CCCO3)c2)n1. The lowest BCUT2D eigenvalue weighted by atomic mass is 10.2. The zero-order valence-corrected chi connectivity index (χ0v) is 12.5. The van der Waals surface area contributed by atoms with Crippen LogP contribution in [0.25, 0.3) is 0 Å². The Hall–Kier alpha value is -1.89. The summed E-state index contributed by atoms with van der Waals surface area (Å²) in [5, 5.41) is 11.6. The van der Waals surface area contributed by atoms with E-state index in [9.17, 15) is 0 Å².